The number of aryl methyl sites for hydroxylation is 1. The number of rotatable bonds is 5. The Morgan fingerprint density at radius 3 is 2.70 bits per heavy atom. The maximum Gasteiger partial charge on any atom is 0.267 e. The van der Waals surface area contributed by atoms with Gasteiger partial charge in [0.1, 0.15) is 0 Å². The van der Waals surface area contributed by atoms with E-state index in [1.54, 1.807) is 23.4 Å². The lowest BCUT2D eigenvalue weighted by Crippen LogP contribution is -2.22. The summed E-state index contributed by atoms with van der Waals surface area (Å²) in [5.41, 5.74) is 3.72. The van der Waals surface area contributed by atoms with Crippen LogP contribution < -0.4 is 5.56 Å². The van der Waals surface area contributed by atoms with Gasteiger partial charge < -0.3 is 4.74 Å². The van der Waals surface area contributed by atoms with Crippen molar-refractivity contribution in [3.63, 3.8) is 0 Å². The summed E-state index contributed by atoms with van der Waals surface area (Å²) in [4.78, 5) is 13.3. The highest BCUT2D eigenvalue weighted by atomic mass is 32.2. The van der Waals surface area contributed by atoms with Crippen LogP contribution in [0.15, 0.2) is 52.4 Å². The van der Waals surface area contributed by atoms with Crippen molar-refractivity contribution in [3.8, 4) is 5.69 Å². The lowest BCUT2D eigenvalue weighted by Gasteiger charge is -2.14. The molecule has 0 aliphatic rings. The molecule has 6 nitrogen and oxygen atoms in total. The van der Waals surface area contributed by atoms with Crippen LogP contribution in [0.1, 0.15) is 11.1 Å². The molecule has 0 bridgehead atoms. The summed E-state index contributed by atoms with van der Waals surface area (Å²) in [7, 11) is 1.68. The first-order valence-corrected chi connectivity index (χ1v) is 9.69. The Labute approximate surface area is 160 Å². The third kappa shape index (κ3) is 2.93. The Kier molecular flexibility index (Phi) is 4.72. The molecule has 4 aromatic rings. The second-order valence-corrected chi connectivity index (χ2v) is 7.40. The minimum absolute atomic E-state index is 0.0901. The van der Waals surface area contributed by atoms with Crippen molar-refractivity contribution in [3.05, 3.63) is 63.9 Å². The van der Waals surface area contributed by atoms with Gasteiger partial charge in [-0.05, 0) is 43.2 Å². The summed E-state index contributed by atoms with van der Waals surface area (Å²) in [6.45, 7) is 4.68. The van der Waals surface area contributed by atoms with Crippen molar-refractivity contribution in [1.82, 2.24) is 19.2 Å². The molecule has 0 aliphatic heterocycles. The van der Waals surface area contributed by atoms with Gasteiger partial charge in [0, 0.05) is 12.9 Å². The molecule has 7 heteroatoms. The lowest BCUT2D eigenvalue weighted by molar-refractivity contribution is 0.218. The number of para-hydroxylation sites is 1. The molecule has 0 saturated heterocycles. The second kappa shape index (κ2) is 7.17. The lowest BCUT2D eigenvalue weighted by atomic mass is 10.1. The zero-order chi connectivity index (χ0) is 19.0. The molecule has 138 valence electrons. The number of hydrogen-bond donors (Lipinski definition) is 0. The van der Waals surface area contributed by atoms with E-state index < -0.39 is 0 Å². The average molecular weight is 380 g/mol. The molecular formula is C20H20N4O2S. The van der Waals surface area contributed by atoms with Crippen LogP contribution in [0.3, 0.4) is 0 Å². The van der Waals surface area contributed by atoms with Crippen molar-refractivity contribution >= 4 is 28.4 Å². The molecule has 2 heterocycles. The number of aromatic nitrogens is 4. The highest BCUT2D eigenvalue weighted by Gasteiger charge is 2.18. The van der Waals surface area contributed by atoms with Gasteiger partial charge >= 0.3 is 0 Å². The van der Waals surface area contributed by atoms with Gasteiger partial charge in [-0.3, -0.25) is 9.20 Å². The average Bonchev–Trinajstić information content (AvgIpc) is 3.09. The Bertz CT molecular complexity index is 1200. The van der Waals surface area contributed by atoms with Gasteiger partial charge in [0.15, 0.2) is 5.16 Å². The first-order valence-electron chi connectivity index (χ1n) is 8.70. The molecule has 2 aromatic carbocycles. The summed E-state index contributed by atoms with van der Waals surface area (Å²) >= 11 is 1.56. The van der Waals surface area contributed by atoms with E-state index in [9.17, 15) is 4.79 Å². The predicted molar refractivity (Wildman–Crippen MR) is 108 cm³/mol. The van der Waals surface area contributed by atoms with Crippen LogP contribution in [0.2, 0.25) is 0 Å². The maximum absolute atomic E-state index is 13.3. The summed E-state index contributed by atoms with van der Waals surface area (Å²) < 4.78 is 8.77. The summed E-state index contributed by atoms with van der Waals surface area (Å²) in [5, 5.41) is 10.1. The Morgan fingerprint density at radius 1 is 1.07 bits per heavy atom. The van der Waals surface area contributed by atoms with Gasteiger partial charge in [0.05, 0.1) is 23.2 Å². The van der Waals surface area contributed by atoms with Crippen LogP contribution in [-0.2, 0) is 4.74 Å². The van der Waals surface area contributed by atoms with Crippen molar-refractivity contribution < 1.29 is 4.74 Å². The zero-order valence-corrected chi connectivity index (χ0v) is 16.3. The fraction of sp³-hybridized carbons (Fsp3) is 0.250. The smallest absolute Gasteiger partial charge is 0.267 e. The van der Waals surface area contributed by atoms with E-state index in [4.69, 9.17) is 4.74 Å². The number of thioether (sulfide) groups is 1. The van der Waals surface area contributed by atoms with E-state index in [1.807, 2.05) is 60.7 Å². The van der Waals surface area contributed by atoms with Gasteiger partial charge in [0.25, 0.3) is 5.56 Å². The van der Waals surface area contributed by atoms with Crippen molar-refractivity contribution in [2.24, 2.45) is 0 Å². The number of hydrogen-bond acceptors (Lipinski definition) is 5. The summed E-state index contributed by atoms with van der Waals surface area (Å²) in [5.74, 6) is 1.28. The van der Waals surface area contributed by atoms with E-state index in [-0.39, 0.29) is 5.56 Å². The third-order valence-electron chi connectivity index (χ3n) is 4.73. The predicted octanol–water partition coefficient (Wildman–Crippen LogP) is 3.39. The number of nitrogens with zero attached hydrogens (tertiary/aromatic N) is 4. The second-order valence-electron chi connectivity index (χ2n) is 6.34. The number of methoxy groups -OCH3 is 1. The molecule has 0 amide bonds. The highest BCUT2D eigenvalue weighted by Crippen LogP contribution is 2.24. The largest absolute Gasteiger partial charge is 0.384 e. The first kappa shape index (κ1) is 17.8. The zero-order valence-electron chi connectivity index (χ0n) is 15.5. The molecule has 0 spiro atoms. The summed E-state index contributed by atoms with van der Waals surface area (Å²) in [6.07, 6.45) is 0. The number of ether oxygens (including phenoxy) is 1. The van der Waals surface area contributed by atoms with Gasteiger partial charge in [-0.2, -0.15) is 0 Å². The van der Waals surface area contributed by atoms with Crippen LogP contribution in [0.25, 0.3) is 22.4 Å². The van der Waals surface area contributed by atoms with E-state index in [0.29, 0.717) is 17.8 Å². The molecule has 0 atom stereocenters. The molecule has 0 aliphatic carbocycles. The van der Waals surface area contributed by atoms with E-state index >= 15 is 0 Å². The minimum atomic E-state index is -0.0901. The van der Waals surface area contributed by atoms with Crippen LogP contribution in [0, 0.1) is 13.8 Å². The Hall–Kier alpha value is -2.64. The van der Waals surface area contributed by atoms with E-state index in [0.717, 1.165) is 33.2 Å². The van der Waals surface area contributed by atoms with Crippen LogP contribution in [-0.4, -0.2) is 38.6 Å². The van der Waals surface area contributed by atoms with Gasteiger partial charge in [-0.15, -0.1) is 10.2 Å². The number of fused-ring (bicyclic) bond motifs is 3. The monoisotopic (exact) mass is 380 g/mol. The SMILES string of the molecule is COCCSc1nnc2n(-c3cccc(C)c3C)c(=O)c3ccccc3n12. The fourth-order valence-electron chi connectivity index (χ4n) is 3.18. The van der Waals surface area contributed by atoms with Crippen molar-refractivity contribution in [1.29, 1.82) is 0 Å². The van der Waals surface area contributed by atoms with Gasteiger partial charge in [-0.1, -0.05) is 36.0 Å². The van der Waals surface area contributed by atoms with E-state index in [1.165, 1.54) is 0 Å². The van der Waals surface area contributed by atoms with Gasteiger partial charge in [-0.25, -0.2) is 4.57 Å². The maximum atomic E-state index is 13.3. The highest BCUT2D eigenvalue weighted by molar-refractivity contribution is 7.99. The van der Waals surface area contributed by atoms with Crippen molar-refractivity contribution in [2.75, 3.05) is 19.5 Å². The topological polar surface area (TPSA) is 61.4 Å². The molecule has 0 radical (unpaired) electrons. The number of benzene rings is 2. The molecule has 2 aromatic heterocycles. The van der Waals surface area contributed by atoms with Gasteiger partial charge in [0.2, 0.25) is 5.78 Å². The molecule has 0 unspecified atom stereocenters. The minimum Gasteiger partial charge on any atom is -0.384 e. The molecule has 0 saturated carbocycles. The normalized spacial score (nSPS) is 11.5. The molecule has 0 fully saturated rings. The van der Waals surface area contributed by atoms with Crippen LogP contribution >= 0.6 is 11.8 Å². The first-order chi connectivity index (χ1) is 13.1. The fourth-order valence-corrected chi connectivity index (χ4v) is 4.02. The summed E-state index contributed by atoms with van der Waals surface area (Å²) in [6, 6.07) is 13.5. The van der Waals surface area contributed by atoms with Crippen LogP contribution in [0.5, 0.6) is 0 Å². The quantitative estimate of drug-likeness (QED) is 0.392. The molecule has 0 N–H and O–H groups in total. The molecular weight excluding hydrogens is 360 g/mol. The molecule has 4 rings (SSSR count). The molecule has 27 heavy (non-hydrogen) atoms. The van der Waals surface area contributed by atoms with Crippen LogP contribution in [0.4, 0.5) is 0 Å². The Balaban J connectivity index is 2.08. The van der Waals surface area contributed by atoms with Crippen molar-refractivity contribution in [2.45, 2.75) is 19.0 Å². The standard InChI is InChI=1S/C20H20N4O2S/c1-13-7-6-10-16(14(13)2)23-18(25)15-8-4-5-9-17(15)24-19(23)21-22-20(24)27-12-11-26-3/h4-10H,11-12H2,1-3H3. The third-order valence-corrected chi connectivity index (χ3v) is 5.62. The Morgan fingerprint density at radius 2 is 1.89 bits per heavy atom. The van der Waals surface area contributed by atoms with E-state index in [2.05, 4.69) is 10.2 Å².